The van der Waals surface area contributed by atoms with Crippen LogP contribution >= 0.6 is 0 Å². The third kappa shape index (κ3) is 3.02. The van der Waals surface area contributed by atoms with Crippen molar-refractivity contribution >= 4 is 28.5 Å². The standard InChI is InChI=1S/C21H19FN4O2/c22-14-2-4-16(5-3-14)25-11-15(10-20(25)27)24-21(28)13-1-8-19-18(9-13)23-12-26(19)17-6-7-17/h1-5,8-9,12,15,17H,6-7,10-11H2,(H,24,28). The number of benzene rings is 2. The SMILES string of the molecule is O=C(NC1CC(=O)N(c2ccc(F)cc2)C1)c1ccc2c(c1)ncn2C1CC1. The Morgan fingerprint density at radius 2 is 1.93 bits per heavy atom. The number of hydrogen-bond donors (Lipinski definition) is 1. The van der Waals surface area contributed by atoms with E-state index in [9.17, 15) is 14.0 Å². The van der Waals surface area contributed by atoms with Crippen LogP contribution in [0.3, 0.4) is 0 Å². The third-order valence-corrected chi connectivity index (χ3v) is 5.38. The Morgan fingerprint density at radius 1 is 1.14 bits per heavy atom. The lowest BCUT2D eigenvalue weighted by atomic mass is 10.1. The van der Waals surface area contributed by atoms with Crippen LogP contribution in [-0.2, 0) is 4.79 Å². The molecule has 0 spiro atoms. The normalized spacial score (nSPS) is 19.4. The third-order valence-electron chi connectivity index (χ3n) is 5.38. The van der Waals surface area contributed by atoms with Crippen LogP contribution in [0.2, 0.25) is 0 Å². The molecule has 5 rings (SSSR count). The van der Waals surface area contributed by atoms with Crippen molar-refractivity contribution in [2.75, 3.05) is 11.4 Å². The van der Waals surface area contributed by atoms with E-state index < -0.39 is 0 Å². The summed E-state index contributed by atoms with van der Waals surface area (Å²) in [5.74, 6) is -0.656. The molecule has 1 unspecified atom stereocenters. The molecule has 0 radical (unpaired) electrons. The first-order chi connectivity index (χ1) is 13.6. The van der Waals surface area contributed by atoms with Gasteiger partial charge in [0.2, 0.25) is 5.91 Å². The van der Waals surface area contributed by atoms with Crippen LogP contribution in [0.1, 0.15) is 35.7 Å². The molecule has 1 aliphatic heterocycles. The van der Waals surface area contributed by atoms with E-state index in [-0.39, 0.29) is 30.1 Å². The largest absolute Gasteiger partial charge is 0.347 e. The first-order valence-electron chi connectivity index (χ1n) is 9.42. The summed E-state index contributed by atoms with van der Waals surface area (Å²) in [5.41, 5.74) is 3.00. The fourth-order valence-corrected chi connectivity index (χ4v) is 3.76. The van der Waals surface area contributed by atoms with Crippen molar-refractivity contribution in [1.29, 1.82) is 0 Å². The highest BCUT2D eigenvalue weighted by Crippen LogP contribution is 2.37. The summed E-state index contributed by atoms with van der Waals surface area (Å²) in [5, 5.41) is 2.93. The minimum Gasteiger partial charge on any atom is -0.347 e. The number of anilines is 1. The van der Waals surface area contributed by atoms with Crippen molar-refractivity contribution in [3.05, 3.63) is 60.2 Å². The Labute approximate surface area is 161 Å². The van der Waals surface area contributed by atoms with E-state index in [1.54, 1.807) is 29.2 Å². The average molecular weight is 378 g/mol. The van der Waals surface area contributed by atoms with Gasteiger partial charge in [0.25, 0.3) is 5.91 Å². The lowest BCUT2D eigenvalue weighted by molar-refractivity contribution is -0.117. The lowest BCUT2D eigenvalue weighted by Gasteiger charge is -2.17. The minimum atomic E-state index is -0.347. The van der Waals surface area contributed by atoms with Crippen LogP contribution in [0, 0.1) is 5.82 Å². The van der Waals surface area contributed by atoms with E-state index in [0.29, 0.717) is 23.8 Å². The summed E-state index contributed by atoms with van der Waals surface area (Å²) < 4.78 is 15.3. The smallest absolute Gasteiger partial charge is 0.251 e. The van der Waals surface area contributed by atoms with Crippen molar-refractivity contribution in [2.24, 2.45) is 0 Å². The van der Waals surface area contributed by atoms with E-state index in [4.69, 9.17) is 0 Å². The van der Waals surface area contributed by atoms with Crippen molar-refractivity contribution < 1.29 is 14.0 Å². The summed E-state index contributed by atoms with van der Waals surface area (Å²) in [7, 11) is 0. The fraction of sp³-hybridized carbons (Fsp3) is 0.286. The van der Waals surface area contributed by atoms with E-state index in [2.05, 4.69) is 14.9 Å². The topological polar surface area (TPSA) is 67.2 Å². The van der Waals surface area contributed by atoms with Gasteiger partial charge in [-0.2, -0.15) is 0 Å². The molecule has 0 bridgehead atoms. The highest BCUT2D eigenvalue weighted by atomic mass is 19.1. The zero-order valence-corrected chi connectivity index (χ0v) is 15.1. The average Bonchev–Trinajstić information content (AvgIpc) is 3.34. The summed E-state index contributed by atoms with van der Waals surface area (Å²) in [6, 6.07) is 11.6. The second kappa shape index (κ2) is 6.44. The molecule has 2 aromatic carbocycles. The molecule has 3 aromatic rings. The molecule has 1 aromatic heterocycles. The van der Waals surface area contributed by atoms with Crippen molar-refractivity contribution in [2.45, 2.75) is 31.3 Å². The monoisotopic (exact) mass is 378 g/mol. The summed E-state index contributed by atoms with van der Waals surface area (Å²) >= 11 is 0. The van der Waals surface area contributed by atoms with Gasteiger partial charge in [0.05, 0.1) is 23.4 Å². The van der Waals surface area contributed by atoms with E-state index in [1.807, 2.05) is 12.4 Å². The fourth-order valence-electron chi connectivity index (χ4n) is 3.76. The first-order valence-corrected chi connectivity index (χ1v) is 9.42. The number of rotatable bonds is 4. The first kappa shape index (κ1) is 16.9. The van der Waals surface area contributed by atoms with Crippen LogP contribution in [0.15, 0.2) is 48.8 Å². The van der Waals surface area contributed by atoms with Gasteiger partial charge in [-0.15, -0.1) is 0 Å². The lowest BCUT2D eigenvalue weighted by Crippen LogP contribution is -2.37. The molecular weight excluding hydrogens is 359 g/mol. The number of aromatic nitrogens is 2. The van der Waals surface area contributed by atoms with Gasteiger partial charge in [-0.3, -0.25) is 9.59 Å². The number of nitrogens with zero attached hydrogens (tertiary/aromatic N) is 3. The maximum Gasteiger partial charge on any atom is 0.251 e. The predicted molar refractivity (Wildman–Crippen MR) is 103 cm³/mol. The predicted octanol–water partition coefficient (Wildman–Crippen LogP) is 3.05. The van der Waals surface area contributed by atoms with Crippen molar-refractivity contribution in [3.63, 3.8) is 0 Å². The number of imidazole rings is 1. The Hall–Kier alpha value is -3.22. The number of amides is 2. The van der Waals surface area contributed by atoms with Crippen LogP contribution in [0.25, 0.3) is 11.0 Å². The Balaban J connectivity index is 1.29. The van der Waals surface area contributed by atoms with Gasteiger partial charge >= 0.3 is 0 Å². The number of fused-ring (bicyclic) bond motifs is 1. The Morgan fingerprint density at radius 3 is 2.68 bits per heavy atom. The second-order valence-electron chi connectivity index (χ2n) is 7.44. The molecule has 2 fully saturated rings. The number of nitrogens with one attached hydrogen (secondary N) is 1. The Kier molecular flexibility index (Phi) is 3.89. The van der Waals surface area contributed by atoms with Gasteiger partial charge in [0, 0.05) is 30.3 Å². The van der Waals surface area contributed by atoms with Gasteiger partial charge in [0.1, 0.15) is 5.82 Å². The second-order valence-corrected chi connectivity index (χ2v) is 7.44. The molecule has 142 valence electrons. The molecule has 6 nitrogen and oxygen atoms in total. The van der Waals surface area contributed by atoms with Gasteiger partial charge in [0.15, 0.2) is 0 Å². The van der Waals surface area contributed by atoms with Crippen LogP contribution in [0.5, 0.6) is 0 Å². The summed E-state index contributed by atoms with van der Waals surface area (Å²) in [4.78, 5) is 31.0. The number of halogens is 1. The van der Waals surface area contributed by atoms with Crippen LogP contribution in [0.4, 0.5) is 10.1 Å². The van der Waals surface area contributed by atoms with Crippen molar-refractivity contribution in [3.8, 4) is 0 Å². The molecule has 1 atom stereocenters. The summed E-state index contributed by atoms with van der Waals surface area (Å²) in [6.07, 6.45) is 4.41. The highest BCUT2D eigenvalue weighted by Gasteiger charge is 2.32. The minimum absolute atomic E-state index is 0.0875. The van der Waals surface area contributed by atoms with E-state index in [0.717, 1.165) is 11.0 Å². The quantitative estimate of drug-likeness (QED) is 0.759. The number of carbonyl (C=O) groups excluding carboxylic acids is 2. The zero-order chi connectivity index (χ0) is 19.3. The Bertz CT molecular complexity index is 1070. The molecule has 28 heavy (non-hydrogen) atoms. The van der Waals surface area contributed by atoms with Gasteiger partial charge in [-0.05, 0) is 55.3 Å². The van der Waals surface area contributed by atoms with Gasteiger partial charge in [-0.1, -0.05) is 0 Å². The maximum atomic E-state index is 13.1. The molecule has 2 heterocycles. The number of hydrogen-bond acceptors (Lipinski definition) is 3. The van der Waals surface area contributed by atoms with Crippen LogP contribution in [-0.4, -0.2) is 34.0 Å². The van der Waals surface area contributed by atoms with E-state index >= 15 is 0 Å². The molecule has 1 aliphatic carbocycles. The molecule has 1 saturated carbocycles. The van der Waals surface area contributed by atoms with E-state index in [1.165, 1.54) is 25.0 Å². The zero-order valence-electron chi connectivity index (χ0n) is 15.1. The van der Waals surface area contributed by atoms with Gasteiger partial charge in [-0.25, -0.2) is 9.37 Å². The molecule has 2 aliphatic rings. The molecule has 7 heteroatoms. The van der Waals surface area contributed by atoms with Crippen LogP contribution < -0.4 is 10.2 Å². The molecule has 2 amide bonds. The molecule has 1 N–H and O–H groups in total. The highest BCUT2D eigenvalue weighted by molar-refractivity contribution is 6.00. The van der Waals surface area contributed by atoms with Gasteiger partial charge < -0.3 is 14.8 Å². The van der Waals surface area contributed by atoms with Crippen molar-refractivity contribution in [1.82, 2.24) is 14.9 Å². The number of carbonyl (C=O) groups is 2. The summed E-state index contributed by atoms with van der Waals surface area (Å²) in [6.45, 7) is 0.370. The maximum absolute atomic E-state index is 13.1. The molecule has 1 saturated heterocycles. The molecular formula is C21H19FN4O2.